The lowest BCUT2D eigenvalue weighted by molar-refractivity contribution is -0.190. The molecule has 0 spiro atoms. The van der Waals surface area contributed by atoms with E-state index in [4.69, 9.17) is 4.98 Å². The molecule has 2 aliphatic heterocycles. The molecule has 7 rings (SSSR count). The number of pyridine rings is 2. The maximum Gasteiger partial charge on any atom is 0.408 e. The Morgan fingerprint density at radius 1 is 1.03 bits per heavy atom. The first kappa shape index (κ1) is 20.3. The molecule has 2 saturated heterocycles. The lowest BCUT2D eigenvalue weighted by Gasteiger charge is -2.36. The zero-order valence-electron chi connectivity index (χ0n) is 18.3. The van der Waals surface area contributed by atoms with E-state index in [1.165, 1.54) is 11.6 Å². The van der Waals surface area contributed by atoms with Crippen LogP contribution in [-0.2, 0) is 0 Å². The van der Waals surface area contributed by atoms with Crippen molar-refractivity contribution in [2.45, 2.75) is 49.5 Å². The van der Waals surface area contributed by atoms with E-state index in [1.807, 2.05) is 24.3 Å². The van der Waals surface area contributed by atoms with Gasteiger partial charge in [0, 0.05) is 36.8 Å². The summed E-state index contributed by atoms with van der Waals surface area (Å²) in [7, 11) is 0. The largest absolute Gasteiger partial charge is 0.408 e. The Hall–Kier alpha value is -3.04. The minimum atomic E-state index is -4.38. The molecule has 6 nitrogen and oxygen atoms in total. The summed E-state index contributed by atoms with van der Waals surface area (Å²) in [5.41, 5.74) is 3.47. The van der Waals surface area contributed by atoms with Crippen LogP contribution in [0.5, 0.6) is 0 Å². The van der Waals surface area contributed by atoms with Crippen LogP contribution in [0.25, 0.3) is 28.1 Å². The lowest BCUT2D eigenvalue weighted by atomic mass is 10.0. The van der Waals surface area contributed by atoms with Crippen LogP contribution in [0, 0.1) is 0 Å². The molecular weight excluding hydrogens is 441 g/mol. The Bertz CT molecular complexity index is 1410. The fourth-order valence-electron chi connectivity index (χ4n) is 5.74. The molecule has 1 saturated carbocycles. The van der Waals surface area contributed by atoms with E-state index in [0.717, 1.165) is 30.2 Å². The topological polar surface area (TPSA) is 58.4 Å². The minimum absolute atomic E-state index is 0.101. The third-order valence-corrected chi connectivity index (χ3v) is 7.48. The molecule has 0 amide bonds. The summed E-state index contributed by atoms with van der Waals surface area (Å²) in [6.45, 7) is 1.000. The Kier molecular flexibility index (Phi) is 4.32. The summed E-state index contributed by atoms with van der Waals surface area (Å²) in [5, 5.41) is 12.9. The van der Waals surface area contributed by atoms with Crippen molar-refractivity contribution in [1.29, 1.82) is 0 Å². The number of rotatable bonds is 4. The van der Waals surface area contributed by atoms with Crippen LogP contribution in [0.15, 0.2) is 48.7 Å². The zero-order chi connectivity index (χ0) is 23.0. The molecule has 9 heteroatoms. The number of aromatic nitrogens is 4. The molecular formula is C25H23F3N6. The first-order valence-corrected chi connectivity index (χ1v) is 11.8. The van der Waals surface area contributed by atoms with Crippen LogP contribution in [0.4, 0.5) is 13.2 Å². The highest BCUT2D eigenvalue weighted by molar-refractivity contribution is 5.84. The van der Waals surface area contributed by atoms with Gasteiger partial charge >= 0.3 is 6.18 Å². The summed E-state index contributed by atoms with van der Waals surface area (Å²) in [4.78, 5) is 6.50. The van der Waals surface area contributed by atoms with E-state index < -0.39 is 12.2 Å². The zero-order valence-corrected chi connectivity index (χ0v) is 18.3. The SMILES string of the molecule is FC(F)(F)[C@@H](c1ccc2nnc(-c3ccc4cccc(C5CC5)c4n3)n2c1)N1C[C@@H]2C[C@H]1CN2. The number of halogens is 3. The number of hydrogen-bond acceptors (Lipinski definition) is 5. The lowest BCUT2D eigenvalue weighted by Crippen LogP contribution is -2.49. The van der Waals surface area contributed by atoms with Gasteiger partial charge in [-0.25, -0.2) is 4.98 Å². The summed E-state index contributed by atoms with van der Waals surface area (Å²) < 4.78 is 44.6. The Balaban J connectivity index is 1.34. The third-order valence-electron chi connectivity index (χ3n) is 7.48. The van der Waals surface area contributed by atoms with Crippen molar-refractivity contribution in [3.63, 3.8) is 0 Å². The average molecular weight is 464 g/mol. The maximum absolute atomic E-state index is 14.3. The fraction of sp³-hybridized carbons (Fsp3) is 0.400. The number of hydrogen-bond donors (Lipinski definition) is 1. The first-order chi connectivity index (χ1) is 16.5. The average Bonchev–Trinajstić information content (AvgIpc) is 3.23. The van der Waals surface area contributed by atoms with Crippen molar-refractivity contribution in [3.8, 4) is 11.5 Å². The van der Waals surface area contributed by atoms with Gasteiger partial charge < -0.3 is 5.32 Å². The number of nitrogens with one attached hydrogen (secondary N) is 1. The molecule has 2 bridgehead atoms. The molecule has 174 valence electrons. The second-order valence-electron chi connectivity index (χ2n) is 9.74. The van der Waals surface area contributed by atoms with Crippen LogP contribution < -0.4 is 5.32 Å². The molecule has 3 atom stereocenters. The monoisotopic (exact) mass is 464 g/mol. The van der Waals surface area contributed by atoms with Crippen LogP contribution in [0.3, 0.4) is 0 Å². The molecule has 3 aliphatic rings. The van der Waals surface area contributed by atoms with Gasteiger partial charge in [0.2, 0.25) is 0 Å². The molecule has 1 aromatic carbocycles. The molecule has 34 heavy (non-hydrogen) atoms. The van der Waals surface area contributed by atoms with Crippen molar-refractivity contribution < 1.29 is 13.2 Å². The Labute approximate surface area is 193 Å². The number of likely N-dealkylation sites (tertiary alicyclic amines) is 1. The van der Waals surface area contributed by atoms with E-state index >= 15 is 0 Å². The van der Waals surface area contributed by atoms with Crippen LogP contribution >= 0.6 is 0 Å². The third kappa shape index (κ3) is 3.21. The summed E-state index contributed by atoms with van der Waals surface area (Å²) in [6.07, 6.45) is 0.245. The number of alkyl halides is 3. The summed E-state index contributed by atoms with van der Waals surface area (Å²) in [5.74, 6) is 0.987. The number of fused-ring (bicyclic) bond motifs is 4. The molecule has 0 unspecified atom stereocenters. The van der Waals surface area contributed by atoms with Crippen molar-refractivity contribution in [2.75, 3.05) is 13.1 Å². The van der Waals surface area contributed by atoms with Gasteiger partial charge in [0.25, 0.3) is 0 Å². The van der Waals surface area contributed by atoms with E-state index in [2.05, 4.69) is 21.6 Å². The quantitative estimate of drug-likeness (QED) is 0.483. The van der Waals surface area contributed by atoms with Crippen molar-refractivity contribution in [3.05, 3.63) is 59.8 Å². The second-order valence-corrected chi connectivity index (χ2v) is 9.74. The number of piperazine rings is 1. The highest BCUT2D eigenvalue weighted by Gasteiger charge is 2.51. The minimum Gasteiger partial charge on any atom is -0.311 e. The smallest absolute Gasteiger partial charge is 0.311 e. The first-order valence-electron chi connectivity index (χ1n) is 11.8. The second kappa shape index (κ2) is 7.23. The normalized spacial score (nSPS) is 23.9. The maximum atomic E-state index is 14.3. The predicted octanol–water partition coefficient (Wildman–Crippen LogP) is 4.47. The van der Waals surface area contributed by atoms with Gasteiger partial charge in [-0.05, 0) is 48.4 Å². The Morgan fingerprint density at radius 2 is 1.91 bits per heavy atom. The van der Waals surface area contributed by atoms with E-state index in [1.54, 1.807) is 21.6 Å². The molecule has 3 aromatic heterocycles. The highest BCUT2D eigenvalue weighted by atomic mass is 19.4. The summed E-state index contributed by atoms with van der Waals surface area (Å²) >= 11 is 0. The van der Waals surface area contributed by atoms with Crippen LogP contribution in [0.2, 0.25) is 0 Å². The van der Waals surface area contributed by atoms with Crippen LogP contribution in [-0.4, -0.2) is 55.8 Å². The predicted molar refractivity (Wildman–Crippen MR) is 121 cm³/mol. The van der Waals surface area contributed by atoms with E-state index in [-0.39, 0.29) is 17.6 Å². The molecule has 4 aromatic rings. The number of benzene rings is 1. The van der Waals surface area contributed by atoms with E-state index in [0.29, 0.717) is 36.2 Å². The van der Waals surface area contributed by atoms with Crippen molar-refractivity contribution >= 4 is 16.6 Å². The van der Waals surface area contributed by atoms with Gasteiger partial charge in [0.05, 0.1) is 5.52 Å². The van der Waals surface area contributed by atoms with Crippen molar-refractivity contribution in [2.24, 2.45) is 0 Å². The number of para-hydroxylation sites is 1. The van der Waals surface area contributed by atoms with Gasteiger partial charge in [-0.3, -0.25) is 9.30 Å². The molecule has 1 N–H and O–H groups in total. The number of nitrogens with zero attached hydrogens (tertiary/aromatic N) is 5. The van der Waals surface area contributed by atoms with Gasteiger partial charge in [0.15, 0.2) is 11.5 Å². The fourth-order valence-corrected chi connectivity index (χ4v) is 5.74. The molecule has 0 radical (unpaired) electrons. The molecule has 3 fully saturated rings. The van der Waals surface area contributed by atoms with Crippen molar-refractivity contribution in [1.82, 2.24) is 29.8 Å². The van der Waals surface area contributed by atoms with Gasteiger partial charge in [-0.2, -0.15) is 13.2 Å². The molecule has 1 aliphatic carbocycles. The standard InChI is InChI=1S/C25H23F3N6/c26-25(27,28)23(33-13-17-10-18(33)11-29-17)16-7-9-21-31-32-24(34(21)12-16)20-8-6-15-2-1-3-19(14-4-5-14)22(15)30-20/h1-3,6-9,12,14,17-18,23,29H,4-5,10-11,13H2/t17-,18-,23+/m0/s1. The molecule has 5 heterocycles. The van der Waals surface area contributed by atoms with E-state index in [9.17, 15) is 13.2 Å². The Morgan fingerprint density at radius 3 is 2.65 bits per heavy atom. The van der Waals surface area contributed by atoms with Crippen LogP contribution in [0.1, 0.15) is 42.3 Å². The van der Waals surface area contributed by atoms with Gasteiger partial charge in [0.1, 0.15) is 11.7 Å². The van der Waals surface area contributed by atoms with Gasteiger partial charge in [-0.1, -0.05) is 30.3 Å². The highest BCUT2D eigenvalue weighted by Crippen LogP contribution is 2.44. The summed E-state index contributed by atoms with van der Waals surface area (Å²) in [6, 6.07) is 11.6. The van der Waals surface area contributed by atoms with Gasteiger partial charge in [-0.15, -0.1) is 10.2 Å².